The Morgan fingerprint density at radius 1 is 1.04 bits per heavy atom. The topological polar surface area (TPSA) is 41.5 Å². The lowest BCUT2D eigenvalue weighted by Crippen LogP contribution is -2.34. The van der Waals surface area contributed by atoms with Crippen LogP contribution >= 0.6 is 0 Å². The van der Waals surface area contributed by atoms with Gasteiger partial charge in [-0.1, -0.05) is 52.4 Å². The van der Waals surface area contributed by atoms with Crippen molar-refractivity contribution >= 4 is 0 Å². The van der Waals surface area contributed by atoms with E-state index in [-0.39, 0.29) is 0 Å². The molecule has 156 valence electrons. The van der Waals surface area contributed by atoms with Gasteiger partial charge in [0.2, 0.25) is 0 Å². The van der Waals surface area contributed by atoms with E-state index in [4.69, 9.17) is 4.74 Å². The summed E-state index contributed by atoms with van der Waals surface area (Å²) in [6.07, 6.45) is 13.6. The number of hydrogen-bond donors (Lipinski definition) is 2. The van der Waals surface area contributed by atoms with Crippen molar-refractivity contribution in [2.75, 3.05) is 13.3 Å². The van der Waals surface area contributed by atoms with Gasteiger partial charge in [-0.2, -0.15) is 0 Å². The quantitative estimate of drug-likeness (QED) is 0.279. The Balaban J connectivity index is 2.35. The molecule has 1 aliphatic carbocycles. The second-order valence-electron chi connectivity index (χ2n) is 9.00. The lowest BCUT2D eigenvalue weighted by molar-refractivity contribution is 0.0380. The van der Waals surface area contributed by atoms with E-state index >= 15 is 0 Å². The van der Waals surface area contributed by atoms with Crippen molar-refractivity contribution < 1.29 is 9.84 Å². The van der Waals surface area contributed by atoms with E-state index in [1.807, 2.05) is 6.92 Å². The summed E-state index contributed by atoms with van der Waals surface area (Å²) in [5.41, 5.74) is -0.449. The van der Waals surface area contributed by atoms with Crippen LogP contribution in [0, 0.1) is 17.8 Å². The number of hydrogen-bond acceptors (Lipinski definition) is 3. The van der Waals surface area contributed by atoms with Crippen LogP contribution < -0.4 is 5.32 Å². The number of rotatable bonds is 15. The Kier molecular flexibility index (Phi) is 12.1. The van der Waals surface area contributed by atoms with Crippen molar-refractivity contribution in [1.82, 2.24) is 5.32 Å². The molecule has 1 fully saturated rings. The first kappa shape index (κ1) is 23.9. The summed E-state index contributed by atoms with van der Waals surface area (Å²) in [7, 11) is 0. The molecule has 0 bridgehead atoms. The van der Waals surface area contributed by atoms with E-state index in [0.717, 1.165) is 43.6 Å². The third-order valence-corrected chi connectivity index (χ3v) is 6.59. The molecule has 0 spiro atoms. The second-order valence-corrected chi connectivity index (χ2v) is 9.00. The molecule has 0 radical (unpaired) electrons. The molecule has 0 aromatic rings. The van der Waals surface area contributed by atoms with E-state index < -0.39 is 5.60 Å². The molecule has 26 heavy (non-hydrogen) atoms. The molecule has 1 rings (SSSR count). The summed E-state index contributed by atoms with van der Waals surface area (Å²) in [5.74, 6) is 2.61. The molecule has 0 amide bonds. The van der Waals surface area contributed by atoms with Gasteiger partial charge in [0.25, 0.3) is 0 Å². The smallest absolute Gasteiger partial charge is 0.0967 e. The number of aliphatic hydroxyl groups is 1. The zero-order chi connectivity index (χ0) is 19.4. The highest BCUT2D eigenvalue weighted by molar-refractivity contribution is 4.85. The summed E-state index contributed by atoms with van der Waals surface area (Å²) < 4.78 is 5.46. The van der Waals surface area contributed by atoms with E-state index in [9.17, 15) is 5.11 Å². The molecule has 1 aliphatic rings. The van der Waals surface area contributed by atoms with Crippen LogP contribution in [0.4, 0.5) is 0 Å². The fourth-order valence-electron chi connectivity index (χ4n) is 4.96. The molecule has 0 aromatic carbocycles. The molecule has 0 unspecified atom stereocenters. The minimum absolute atomic E-state index is 0.449. The largest absolute Gasteiger partial charge is 0.390 e. The highest BCUT2D eigenvalue weighted by Gasteiger charge is 2.32. The van der Waals surface area contributed by atoms with Crippen molar-refractivity contribution in [2.45, 2.75) is 117 Å². The first-order valence-corrected chi connectivity index (χ1v) is 11.5. The SMILES string of the molecule is CCC[C@@H](CCCC[C@](C)(O)CCC)[C@@H]1CC[C@H]([C@@H](C)NCOCC)C1. The monoisotopic (exact) mass is 369 g/mol. The third-order valence-electron chi connectivity index (χ3n) is 6.59. The molecule has 0 saturated heterocycles. The molecular weight excluding hydrogens is 322 g/mol. The minimum atomic E-state index is -0.449. The summed E-state index contributed by atoms with van der Waals surface area (Å²) in [4.78, 5) is 0. The minimum Gasteiger partial charge on any atom is -0.390 e. The molecule has 3 heteroatoms. The summed E-state index contributed by atoms with van der Waals surface area (Å²) in [5, 5.41) is 13.9. The fourth-order valence-corrected chi connectivity index (χ4v) is 4.96. The van der Waals surface area contributed by atoms with Crippen LogP contribution in [-0.4, -0.2) is 30.1 Å². The van der Waals surface area contributed by atoms with Crippen LogP contribution in [0.25, 0.3) is 0 Å². The van der Waals surface area contributed by atoms with Crippen molar-refractivity contribution in [3.05, 3.63) is 0 Å². The Morgan fingerprint density at radius 2 is 1.77 bits per heavy atom. The molecule has 3 nitrogen and oxygen atoms in total. The summed E-state index contributed by atoms with van der Waals surface area (Å²) in [6.45, 7) is 12.4. The second kappa shape index (κ2) is 13.1. The van der Waals surface area contributed by atoms with Crippen molar-refractivity contribution in [2.24, 2.45) is 17.8 Å². The molecule has 0 heterocycles. The zero-order valence-electron chi connectivity index (χ0n) is 18.4. The standard InChI is InChI=1S/C23H47NO2/c1-6-11-20(12-9-10-16-23(5,25)15-7-2)22-14-13-21(17-22)19(4)24-18-26-8-3/h19-22,24-25H,6-18H2,1-5H3/t19-,20+,21+,22-,23-/m1/s1. The Morgan fingerprint density at radius 3 is 2.42 bits per heavy atom. The van der Waals surface area contributed by atoms with Gasteiger partial charge in [0.15, 0.2) is 0 Å². The van der Waals surface area contributed by atoms with Gasteiger partial charge in [0, 0.05) is 12.6 Å². The van der Waals surface area contributed by atoms with Crippen LogP contribution in [-0.2, 0) is 4.74 Å². The molecule has 0 aromatic heterocycles. The number of unbranched alkanes of at least 4 members (excludes halogenated alkanes) is 1. The van der Waals surface area contributed by atoms with Crippen LogP contribution in [0.5, 0.6) is 0 Å². The van der Waals surface area contributed by atoms with Crippen LogP contribution in [0.2, 0.25) is 0 Å². The van der Waals surface area contributed by atoms with E-state index in [1.165, 1.54) is 51.4 Å². The van der Waals surface area contributed by atoms with Gasteiger partial charge in [0.1, 0.15) is 0 Å². The third kappa shape index (κ3) is 9.19. The number of ether oxygens (including phenoxy) is 1. The highest BCUT2D eigenvalue weighted by atomic mass is 16.5. The predicted octanol–water partition coefficient (Wildman–Crippen LogP) is 5.90. The Labute approximate surface area is 163 Å². The van der Waals surface area contributed by atoms with Crippen molar-refractivity contribution in [3.63, 3.8) is 0 Å². The van der Waals surface area contributed by atoms with E-state index in [1.54, 1.807) is 0 Å². The van der Waals surface area contributed by atoms with Gasteiger partial charge in [0.05, 0.1) is 12.3 Å². The first-order chi connectivity index (χ1) is 12.4. The van der Waals surface area contributed by atoms with Crippen LogP contribution in [0.15, 0.2) is 0 Å². The maximum absolute atomic E-state index is 10.4. The highest BCUT2D eigenvalue weighted by Crippen LogP contribution is 2.41. The summed E-state index contributed by atoms with van der Waals surface area (Å²) in [6, 6.07) is 0.568. The zero-order valence-corrected chi connectivity index (χ0v) is 18.4. The maximum atomic E-state index is 10.4. The van der Waals surface area contributed by atoms with Crippen molar-refractivity contribution in [1.29, 1.82) is 0 Å². The first-order valence-electron chi connectivity index (χ1n) is 11.5. The predicted molar refractivity (Wildman–Crippen MR) is 112 cm³/mol. The molecule has 5 atom stereocenters. The Bertz CT molecular complexity index is 345. The summed E-state index contributed by atoms with van der Waals surface area (Å²) >= 11 is 0. The molecular formula is C23H47NO2. The van der Waals surface area contributed by atoms with Crippen LogP contribution in [0.1, 0.15) is 105 Å². The lowest BCUT2D eigenvalue weighted by atomic mass is 9.82. The van der Waals surface area contributed by atoms with Gasteiger partial charge in [-0.25, -0.2) is 0 Å². The van der Waals surface area contributed by atoms with Crippen LogP contribution in [0.3, 0.4) is 0 Å². The van der Waals surface area contributed by atoms with Crippen molar-refractivity contribution in [3.8, 4) is 0 Å². The number of nitrogens with one attached hydrogen (secondary N) is 1. The molecule has 2 N–H and O–H groups in total. The lowest BCUT2D eigenvalue weighted by Gasteiger charge is -2.26. The molecule has 1 saturated carbocycles. The normalized spacial score (nSPS) is 25.2. The average Bonchev–Trinajstić information content (AvgIpc) is 3.07. The van der Waals surface area contributed by atoms with Gasteiger partial charge in [-0.05, 0) is 70.6 Å². The average molecular weight is 370 g/mol. The van der Waals surface area contributed by atoms with E-state index in [2.05, 4.69) is 33.0 Å². The Hall–Kier alpha value is -0.120. The van der Waals surface area contributed by atoms with E-state index in [0.29, 0.717) is 12.8 Å². The van der Waals surface area contributed by atoms with Gasteiger partial charge in [-0.3, -0.25) is 5.32 Å². The fraction of sp³-hybridized carbons (Fsp3) is 1.00. The molecule has 0 aliphatic heterocycles. The van der Waals surface area contributed by atoms with Gasteiger partial charge in [-0.15, -0.1) is 0 Å². The van der Waals surface area contributed by atoms with Gasteiger partial charge < -0.3 is 9.84 Å². The van der Waals surface area contributed by atoms with Gasteiger partial charge >= 0.3 is 0 Å². The maximum Gasteiger partial charge on any atom is 0.0967 e.